The van der Waals surface area contributed by atoms with Crippen LogP contribution in [0.5, 0.6) is 5.75 Å². The predicted octanol–water partition coefficient (Wildman–Crippen LogP) is 3.94. The molecular weight excluding hydrogens is 342 g/mol. The minimum Gasteiger partial charge on any atom is -0.493 e. The minimum absolute atomic E-state index is 0.114. The van der Waals surface area contributed by atoms with Crippen LogP contribution >= 0.6 is 15.9 Å². The van der Waals surface area contributed by atoms with Crippen LogP contribution in [0.2, 0.25) is 0 Å². The molecule has 2 nitrogen and oxygen atoms in total. The average Bonchev–Trinajstić information content (AvgIpc) is 2.94. The first kappa shape index (κ1) is 14.5. The van der Waals surface area contributed by atoms with Crippen LogP contribution < -0.4 is 4.74 Å². The molecule has 0 aliphatic carbocycles. The van der Waals surface area contributed by atoms with Crippen molar-refractivity contribution in [1.29, 1.82) is 0 Å². The number of aliphatic hydroxyl groups excluding tert-OH is 1. The Kier molecular flexibility index (Phi) is 3.95. The number of aliphatic hydroxyl groups is 1. The van der Waals surface area contributed by atoms with Gasteiger partial charge in [0.05, 0.1) is 17.2 Å². The Morgan fingerprint density at radius 3 is 2.86 bits per heavy atom. The van der Waals surface area contributed by atoms with E-state index in [9.17, 15) is 13.9 Å². The Bertz CT molecular complexity index is 688. The van der Waals surface area contributed by atoms with Gasteiger partial charge < -0.3 is 9.84 Å². The Labute approximate surface area is 129 Å². The number of ether oxygens (including phenoxy) is 1. The zero-order valence-electron chi connectivity index (χ0n) is 11.1. The van der Waals surface area contributed by atoms with E-state index in [1.54, 1.807) is 12.1 Å². The van der Waals surface area contributed by atoms with Crippen molar-refractivity contribution in [3.63, 3.8) is 0 Å². The van der Waals surface area contributed by atoms with E-state index in [0.29, 0.717) is 12.2 Å². The molecular formula is C16H13BrF2O2. The second kappa shape index (κ2) is 5.73. The van der Waals surface area contributed by atoms with Crippen molar-refractivity contribution in [2.24, 2.45) is 0 Å². The molecule has 0 bridgehead atoms. The Morgan fingerprint density at radius 1 is 1.24 bits per heavy atom. The van der Waals surface area contributed by atoms with Crippen molar-refractivity contribution in [2.45, 2.75) is 18.9 Å². The summed E-state index contributed by atoms with van der Waals surface area (Å²) >= 11 is 3.03. The van der Waals surface area contributed by atoms with E-state index in [1.807, 2.05) is 6.07 Å². The molecule has 1 atom stereocenters. The Morgan fingerprint density at radius 2 is 2.05 bits per heavy atom. The lowest BCUT2D eigenvalue weighted by Crippen LogP contribution is -2.06. The lowest BCUT2D eigenvalue weighted by Gasteiger charge is -2.14. The first-order valence-electron chi connectivity index (χ1n) is 6.62. The van der Waals surface area contributed by atoms with E-state index in [-0.39, 0.29) is 16.5 Å². The van der Waals surface area contributed by atoms with Crippen molar-refractivity contribution in [2.75, 3.05) is 6.61 Å². The van der Waals surface area contributed by atoms with E-state index < -0.39 is 17.7 Å². The maximum atomic E-state index is 13.9. The zero-order valence-corrected chi connectivity index (χ0v) is 12.7. The van der Waals surface area contributed by atoms with Crippen LogP contribution in [0.4, 0.5) is 8.78 Å². The molecule has 21 heavy (non-hydrogen) atoms. The third-order valence-electron chi connectivity index (χ3n) is 3.63. The molecule has 0 saturated carbocycles. The molecule has 0 aromatic heterocycles. The molecule has 3 rings (SSSR count). The van der Waals surface area contributed by atoms with Gasteiger partial charge in [0.2, 0.25) is 0 Å². The number of hydrogen-bond acceptors (Lipinski definition) is 2. The van der Waals surface area contributed by atoms with Gasteiger partial charge in [-0.1, -0.05) is 6.07 Å². The normalized spacial score (nSPS) is 14.7. The molecule has 1 heterocycles. The van der Waals surface area contributed by atoms with Crippen molar-refractivity contribution < 1.29 is 18.6 Å². The average molecular weight is 355 g/mol. The molecule has 0 amide bonds. The van der Waals surface area contributed by atoms with Crippen LogP contribution in [0.25, 0.3) is 0 Å². The highest BCUT2D eigenvalue weighted by Crippen LogP contribution is 2.31. The highest BCUT2D eigenvalue weighted by molar-refractivity contribution is 9.10. The standard InChI is InChI=1S/C16H13BrF2O2/c17-12-2-3-13(18)11(16(12)19)8-14(20)9-1-4-15-10(7-9)5-6-21-15/h1-4,7,14,20H,5-6,8H2. The second-order valence-corrected chi connectivity index (χ2v) is 5.86. The highest BCUT2D eigenvalue weighted by atomic mass is 79.9. The second-order valence-electron chi connectivity index (χ2n) is 5.01. The van der Waals surface area contributed by atoms with Crippen LogP contribution in [-0.4, -0.2) is 11.7 Å². The first-order chi connectivity index (χ1) is 10.1. The summed E-state index contributed by atoms with van der Waals surface area (Å²) in [6.45, 7) is 0.629. The Balaban J connectivity index is 1.87. The fourth-order valence-electron chi connectivity index (χ4n) is 2.48. The summed E-state index contributed by atoms with van der Waals surface area (Å²) in [5.41, 5.74) is 1.54. The molecule has 1 unspecified atom stereocenters. The van der Waals surface area contributed by atoms with Crippen LogP contribution in [0.3, 0.4) is 0 Å². The molecule has 5 heteroatoms. The van der Waals surface area contributed by atoms with Crippen LogP contribution in [-0.2, 0) is 12.8 Å². The van der Waals surface area contributed by atoms with E-state index in [1.165, 1.54) is 12.1 Å². The molecule has 110 valence electrons. The van der Waals surface area contributed by atoms with Crippen molar-refractivity contribution in [3.05, 3.63) is 63.1 Å². The summed E-state index contributed by atoms with van der Waals surface area (Å²) < 4.78 is 33.3. The fourth-order valence-corrected chi connectivity index (χ4v) is 2.85. The van der Waals surface area contributed by atoms with Gasteiger partial charge in [0.15, 0.2) is 0 Å². The number of rotatable bonds is 3. The summed E-state index contributed by atoms with van der Waals surface area (Å²) in [5, 5.41) is 10.3. The molecule has 0 saturated heterocycles. The van der Waals surface area contributed by atoms with Crippen LogP contribution in [0.1, 0.15) is 22.8 Å². The van der Waals surface area contributed by atoms with Crippen molar-refractivity contribution in [3.8, 4) is 5.75 Å². The van der Waals surface area contributed by atoms with Crippen LogP contribution in [0, 0.1) is 11.6 Å². The van der Waals surface area contributed by atoms with E-state index in [2.05, 4.69) is 15.9 Å². The molecule has 0 fully saturated rings. The maximum absolute atomic E-state index is 13.9. The summed E-state index contributed by atoms with van der Waals surface area (Å²) in [6.07, 6.45) is -0.291. The van der Waals surface area contributed by atoms with Gasteiger partial charge >= 0.3 is 0 Å². The van der Waals surface area contributed by atoms with Gasteiger partial charge in [0, 0.05) is 18.4 Å². The monoisotopic (exact) mass is 354 g/mol. The highest BCUT2D eigenvalue weighted by Gasteiger charge is 2.19. The molecule has 0 radical (unpaired) electrons. The third kappa shape index (κ3) is 2.80. The van der Waals surface area contributed by atoms with E-state index in [4.69, 9.17) is 4.74 Å². The number of fused-ring (bicyclic) bond motifs is 1. The summed E-state index contributed by atoms with van der Waals surface area (Å²) in [4.78, 5) is 0. The summed E-state index contributed by atoms with van der Waals surface area (Å²) in [5.74, 6) is -0.511. The lowest BCUT2D eigenvalue weighted by molar-refractivity contribution is 0.175. The molecule has 2 aromatic rings. The number of benzene rings is 2. The topological polar surface area (TPSA) is 29.5 Å². The van der Waals surface area contributed by atoms with Gasteiger partial charge in [0.25, 0.3) is 0 Å². The van der Waals surface area contributed by atoms with Crippen molar-refractivity contribution >= 4 is 15.9 Å². The number of hydrogen-bond donors (Lipinski definition) is 1. The summed E-state index contributed by atoms with van der Waals surface area (Å²) in [6, 6.07) is 7.84. The smallest absolute Gasteiger partial charge is 0.143 e. The molecule has 1 aliphatic heterocycles. The minimum atomic E-state index is -0.964. The van der Waals surface area contributed by atoms with Gasteiger partial charge in [-0.3, -0.25) is 0 Å². The number of halogens is 3. The fraction of sp³-hybridized carbons (Fsp3) is 0.250. The van der Waals surface area contributed by atoms with Gasteiger partial charge in [-0.25, -0.2) is 8.78 Å². The zero-order chi connectivity index (χ0) is 15.0. The first-order valence-corrected chi connectivity index (χ1v) is 7.41. The Hall–Kier alpha value is -1.46. The quantitative estimate of drug-likeness (QED) is 0.846. The largest absolute Gasteiger partial charge is 0.493 e. The molecule has 2 aromatic carbocycles. The van der Waals surface area contributed by atoms with Gasteiger partial charge in [-0.05, 0) is 51.3 Å². The van der Waals surface area contributed by atoms with E-state index >= 15 is 0 Å². The van der Waals surface area contributed by atoms with E-state index in [0.717, 1.165) is 17.7 Å². The molecule has 1 aliphatic rings. The lowest BCUT2D eigenvalue weighted by atomic mass is 9.98. The molecule has 1 N–H and O–H groups in total. The summed E-state index contributed by atoms with van der Waals surface area (Å²) in [7, 11) is 0. The van der Waals surface area contributed by atoms with Gasteiger partial charge in [0.1, 0.15) is 17.4 Å². The maximum Gasteiger partial charge on any atom is 0.143 e. The molecule has 0 spiro atoms. The predicted molar refractivity (Wildman–Crippen MR) is 78.4 cm³/mol. The van der Waals surface area contributed by atoms with Crippen LogP contribution in [0.15, 0.2) is 34.8 Å². The van der Waals surface area contributed by atoms with Gasteiger partial charge in [-0.15, -0.1) is 0 Å². The third-order valence-corrected chi connectivity index (χ3v) is 4.25. The van der Waals surface area contributed by atoms with Crippen molar-refractivity contribution in [1.82, 2.24) is 0 Å². The van der Waals surface area contributed by atoms with Gasteiger partial charge in [-0.2, -0.15) is 0 Å². The SMILES string of the molecule is OC(Cc1c(F)ccc(Br)c1F)c1ccc2c(c1)CCO2.